The third-order valence-corrected chi connectivity index (χ3v) is 7.42. The van der Waals surface area contributed by atoms with Crippen LogP contribution in [0.25, 0.3) is 16.6 Å². The van der Waals surface area contributed by atoms with Gasteiger partial charge in [0.2, 0.25) is 5.91 Å². The molecule has 1 amide bonds. The molecule has 0 spiro atoms. The molecule has 0 saturated heterocycles. The number of aryl methyl sites for hydroxylation is 2. The van der Waals surface area contributed by atoms with Gasteiger partial charge in [0, 0.05) is 23.4 Å². The Bertz CT molecular complexity index is 1470. The molecule has 0 saturated carbocycles. The van der Waals surface area contributed by atoms with E-state index in [-0.39, 0.29) is 5.91 Å². The van der Waals surface area contributed by atoms with Crippen molar-refractivity contribution in [2.45, 2.75) is 38.1 Å². The Balaban J connectivity index is 1.43. The molecule has 0 N–H and O–H groups in total. The molecule has 33 heavy (non-hydrogen) atoms. The third kappa shape index (κ3) is 4.00. The first-order chi connectivity index (χ1) is 16.1. The van der Waals surface area contributed by atoms with Gasteiger partial charge in [-0.2, -0.15) is 0 Å². The lowest BCUT2D eigenvalue weighted by Gasteiger charge is -2.20. The number of pyridine rings is 1. The van der Waals surface area contributed by atoms with Crippen molar-refractivity contribution >= 4 is 56.4 Å². The number of nitrogens with zero attached hydrogens (tertiary/aromatic N) is 5. The van der Waals surface area contributed by atoms with Crippen molar-refractivity contribution in [2.75, 3.05) is 4.90 Å². The lowest BCUT2D eigenvalue weighted by molar-refractivity contribution is -0.115. The van der Waals surface area contributed by atoms with E-state index in [1.807, 2.05) is 35.7 Å². The van der Waals surface area contributed by atoms with E-state index in [2.05, 4.69) is 52.7 Å². The number of fused-ring (bicyclic) bond motifs is 3. The van der Waals surface area contributed by atoms with Crippen LogP contribution in [0.15, 0.2) is 65.1 Å². The van der Waals surface area contributed by atoms with Crippen molar-refractivity contribution in [1.82, 2.24) is 19.6 Å². The number of thiazole rings is 1. The minimum Gasteiger partial charge on any atom is -0.274 e. The summed E-state index contributed by atoms with van der Waals surface area (Å²) in [5.74, 6) is 0.593. The van der Waals surface area contributed by atoms with Gasteiger partial charge in [0.1, 0.15) is 0 Å². The van der Waals surface area contributed by atoms with Gasteiger partial charge in [0.25, 0.3) is 0 Å². The highest BCUT2D eigenvalue weighted by molar-refractivity contribution is 7.98. The van der Waals surface area contributed by atoms with E-state index in [4.69, 9.17) is 4.98 Å². The second-order valence-corrected chi connectivity index (χ2v) is 9.55. The number of hydrogen-bond donors (Lipinski definition) is 0. The van der Waals surface area contributed by atoms with Crippen LogP contribution in [-0.4, -0.2) is 25.5 Å². The number of carbonyl (C=O) groups is 1. The number of thioether (sulfide) groups is 1. The van der Waals surface area contributed by atoms with Crippen LogP contribution >= 0.6 is 23.1 Å². The van der Waals surface area contributed by atoms with E-state index in [1.54, 1.807) is 23.6 Å². The summed E-state index contributed by atoms with van der Waals surface area (Å²) >= 11 is 3.08. The summed E-state index contributed by atoms with van der Waals surface area (Å²) in [5, 5.41) is 13.5. The normalized spacial score (nSPS) is 11.4. The second-order valence-electron chi connectivity index (χ2n) is 7.77. The largest absolute Gasteiger partial charge is 0.274 e. The standard InChI is InChI=1S/C25H23N5OS2/c1-4-18-9-5-7-11-21(18)29(17(3)31)24-26-19(14-32-24)15-33-25-28-27-23-13-16(2)20-10-6-8-12-22(20)30(23)25/h5-14H,4,15H2,1-3H3. The maximum absolute atomic E-state index is 12.5. The van der Waals surface area contributed by atoms with Crippen LogP contribution < -0.4 is 4.90 Å². The van der Waals surface area contributed by atoms with Gasteiger partial charge in [0.05, 0.1) is 16.9 Å². The van der Waals surface area contributed by atoms with Gasteiger partial charge in [-0.25, -0.2) is 4.98 Å². The van der Waals surface area contributed by atoms with E-state index < -0.39 is 0 Å². The number of carbonyl (C=O) groups excluding carboxylic acids is 1. The fourth-order valence-corrected chi connectivity index (χ4v) is 5.84. The molecule has 5 aromatic rings. The Hall–Kier alpha value is -3.23. The van der Waals surface area contributed by atoms with Gasteiger partial charge in [-0.15, -0.1) is 21.5 Å². The molecule has 0 bridgehead atoms. The van der Waals surface area contributed by atoms with Crippen LogP contribution in [-0.2, 0) is 17.0 Å². The fraction of sp³-hybridized carbons (Fsp3) is 0.200. The maximum atomic E-state index is 12.5. The number of aromatic nitrogens is 4. The van der Waals surface area contributed by atoms with E-state index in [9.17, 15) is 4.79 Å². The predicted molar refractivity (Wildman–Crippen MR) is 136 cm³/mol. The lowest BCUT2D eigenvalue weighted by Crippen LogP contribution is -2.23. The lowest BCUT2D eigenvalue weighted by atomic mass is 10.1. The molecule has 0 fully saturated rings. The van der Waals surface area contributed by atoms with Gasteiger partial charge in [-0.3, -0.25) is 14.1 Å². The Labute approximate surface area is 200 Å². The summed E-state index contributed by atoms with van der Waals surface area (Å²) in [6.45, 7) is 5.77. The zero-order chi connectivity index (χ0) is 22.9. The molecular weight excluding hydrogens is 450 g/mol. The van der Waals surface area contributed by atoms with Crippen LogP contribution in [0.3, 0.4) is 0 Å². The highest BCUT2D eigenvalue weighted by atomic mass is 32.2. The number of para-hydroxylation sites is 2. The monoisotopic (exact) mass is 473 g/mol. The van der Waals surface area contributed by atoms with Crippen molar-refractivity contribution in [3.63, 3.8) is 0 Å². The molecule has 2 aromatic carbocycles. The Kier molecular flexibility index (Phi) is 5.86. The number of hydrogen-bond acceptors (Lipinski definition) is 6. The first-order valence-electron chi connectivity index (χ1n) is 10.8. The van der Waals surface area contributed by atoms with Gasteiger partial charge < -0.3 is 0 Å². The van der Waals surface area contributed by atoms with Crippen LogP contribution in [0.4, 0.5) is 10.8 Å². The molecule has 166 valence electrons. The fourth-order valence-electron chi connectivity index (χ4n) is 4.01. The highest BCUT2D eigenvalue weighted by Gasteiger charge is 2.20. The zero-order valence-corrected chi connectivity index (χ0v) is 20.3. The molecule has 0 radical (unpaired) electrons. The number of rotatable bonds is 6. The number of amides is 1. The Morgan fingerprint density at radius 1 is 1.12 bits per heavy atom. The van der Waals surface area contributed by atoms with Crippen LogP contribution in [0, 0.1) is 6.92 Å². The maximum Gasteiger partial charge on any atom is 0.230 e. The quantitative estimate of drug-likeness (QED) is 0.275. The highest BCUT2D eigenvalue weighted by Crippen LogP contribution is 2.33. The average molecular weight is 474 g/mol. The molecule has 0 atom stereocenters. The molecule has 8 heteroatoms. The molecule has 6 nitrogen and oxygen atoms in total. The van der Waals surface area contributed by atoms with Crippen molar-refractivity contribution in [3.8, 4) is 0 Å². The van der Waals surface area contributed by atoms with Gasteiger partial charge >= 0.3 is 0 Å². The predicted octanol–water partition coefficient (Wildman–Crippen LogP) is 6.19. The summed E-state index contributed by atoms with van der Waals surface area (Å²) in [6.07, 6.45) is 0.849. The Morgan fingerprint density at radius 2 is 1.91 bits per heavy atom. The molecule has 0 aliphatic carbocycles. The summed E-state index contributed by atoms with van der Waals surface area (Å²) in [4.78, 5) is 19.0. The molecule has 3 heterocycles. The van der Waals surface area contributed by atoms with Crippen LogP contribution in [0.1, 0.15) is 30.7 Å². The average Bonchev–Trinajstić information content (AvgIpc) is 3.45. The summed E-state index contributed by atoms with van der Waals surface area (Å²) in [7, 11) is 0. The first kappa shape index (κ1) is 21.6. The van der Waals surface area contributed by atoms with Crippen molar-refractivity contribution in [3.05, 3.63) is 76.8 Å². The molecule has 5 rings (SSSR count). The summed E-state index contributed by atoms with van der Waals surface area (Å²) < 4.78 is 2.10. The van der Waals surface area contributed by atoms with E-state index in [1.165, 1.54) is 22.3 Å². The topological polar surface area (TPSA) is 63.4 Å². The SMILES string of the molecule is CCc1ccccc1N(C(C)=O)c1nc(CSc2nnc3cc(C)c4ccccc4n23)cs1. The van der Waals surface area contributed by atoms with Crippen LogP contribution in [0.5, 0.6) is 0 Å². The third-order valence-electron chi connectivity index (χ3n) is 5.58. The molecule has 3 aromatic heterocycles. The molecular formula is C25H23N5OS2. The van der Waals surface area contributed by atoms with Crippen molar-refractivity contribution in [1.29, 1.82) is 0 Å². The number of anilines is 2. The smallest absolute Gasteiger partial charge is 0.230 e. The first-order valence-corrected chi connectivity index (χ1v) is 12.6. The minimum absolute atomic E-state index is 0.0465. The van der Waals surface area contributed by atoms with Crippen molar-refractivity contribution < 1.29 is 4.79 Å². The minimum atomic E-state index is -0.0465. The van der Waals surface area contributed by atoms with Crippen LogP contribution in [0.2, 0.25) is 0 Å². The van der Waals surface area contributed by atoms with Gasteiger partial charge in [-0.1, -0.05) is 55.1 Å². The Morgan fingerprint density at radius 3 is 2.73 bits per heavy atom. The molecule has 0 aliphatic heterocycles. The van der Waals surface area contributed by atoms with E-state index in [0.29, 0.717) is 10.9 Å². The van der Waals surface area contributed by atoms with E-state index in [0.717, 1.165) is 39.7 Å². The molecule has 0 unspecified atom stereocenters. The number of benzene rings is 2. The van der Waals surface area contributed by atoms with E-state index >= 15 is 0 Å². The van der Waals surface area contributed by atoms with Gasteiger partial charge in [0.15, 0.2) is 15.9 Å². The second kappa shape index (κ2) is 8.96. The van der Waals surface area contributed by atoms with Crippen molar-refractivity contribution in [2.24, 2.45) is 0 Å². The summed E-state index contributed by atoms with van der Waals surface area (Å²) in [6, 6.07) is 18.4. The molecule has 0 aliphatic rings. The van der Waals surface area contributed by atoms with Gasteiger partial charge in [-0.05, 0) is 42.7 Å². The summed E-state index contributed by atoms with van der Waals surface area (Å²) in [5.41, 5.74) is 6.04. The zero-order valence-electron chi connectivity index (χ0n) is 18.6.